The molecule has 0 aliphatic heterocycles. The van der Waals surface area contributed by atoms with Crippen molar-refractivity contribution < 1.29 is 0 Å². The first-order chi connectivity index (χ1) is 9.74. The lowest BCUT2D eigenvalue weighted by Crippen LogP contribution is -2.16. The fourth-order valence-electron chi connectivity index (χ4n) is 2.78. The molecule has 6 heteroatoms. The smallest absolute Gasteiger partial charge is 0.148 e. The maximum atomic E-state index is 6.02. The molecule has 1 fully saturated rings. The van der Waals surface area contributed by atoms with Crippen molar-refractivity contribution in [2.75, 3.05) is 17.6 Å². The van der Waals surface area contributed by atoms with E-state index in [-0.39, 0.29) is 0 Å². The molecule has 0 aromatic carbocycles. The number of nitrogens with two attached hydrogens (primary N) is 1. The van der Waals surface area contributed by atoms with Gasteiger partial charge >= 0.3 is 0 Å². The van der Waals surface area contributed by atoms with Gasteiger partial charge in [-0.2, -0.15) is 4.37 Å². The van der Waals surface area contributed by atoms with Crippen LogP contribution < -0.4 is 11.1 Å². The van der Waals surface area contributed by atoms with E-state index in [4.69, 9.17) is 5.73 Å². The van der Waals surface area contributed by atoms with Crippen molar-refractivity contribution in [3.8, 4) is 11.3 Å². The molecule has 0 amide bonds. The van der Waals surface area contributed by atoms with E-state index in [9.17, 15) is 0 Å². The van der Waals surface area contributed by atoms with E-state index in [1.165, 1.54) is 43.6 Å². The van der Waals surface area contributed by atoms with E-state index in [0.29, 0.717) is 5.82 Å². The minimum absolute atomic E-state index is 0.589. The number of aryl methyl sites for hydroxylation is 1. The third-order valence-corrected chi connectivity index (χ3v) is 5.46. The molecule has 0 saturated heterocycles. The number of thiazole rings is 1. The largest absolute Gasteiger partial charge is 0.382 e. The third kappa shape index (κ3) is 2.96. The SMILES string of the molecule is Cc1nc(-c2c(N)nsc2NCC2CCCCC2)cs1. The van der Waals surface area contributed by atoms with Crippen LogP contribution in [0.3, 0.4) is 0 Å². The molecule has 2 aromatic heterocycles. The molecule has 20 heavy (non-hydrogen) atoms. The number of nitrogen functional groups attached to an aromatic ring is 1. The van der Waals surface area contributed by atoms with E-state index >= 15 is 0 Å². The molecule has 0 unspecified atom stereocenters. The predicted octanol–water partition coefficient (Wildman–Crippen LogP) is 4.15. The van der Waals surface area contributed by atoms with E-state index in [0.717, 1.165) is 33.7 Å². The Balaban J connectivity index is 1.73. The van der Waals surface area contributed by atoms with Crippen molar-refractivity contribution in [2.24, 2.45) is 5.92 Å². The molecule has 1 aliphatic carbocycles. The van der Waals surface area contributed by atoms with Crippen LogP contribution in [0.4, 0.5) is 10.8 Å². The van der Waals surface area contributed by atoms with Crippen molar-refractivity contribution in [1.29, 1.82) is 0 Å². The normalized spacial score (nSPS) is 16.4. The second kappa shape index (κ2) is 6.10. The highest BCUT2D eigenvalue weighted by Crippen LogP contribution is 2.37. The molecular weight excluding hydrogens is 288 g/mol. The molecule has 1 aliphatic rings. The lowest BCUT2D eigenvalue weighted by molar-refractivity contribution is 0.373. The Hall–Kier alpha value is -1.14. The van der Waals surface area contributed by atoms with Crippen LogP contribution in [0, 0.1) is 12.8 Å². The predicted molar refractivity (Wildman–Crippen MR) is 87.4 cm³/mol. The number of aromatic nitrogens is 2. The molecule has 0 radical (unpaired) electrons. The molecule has 1 saturated carbocycles. The molecule has 3 rings (SSSR count). The Kier molecular flexibility index (Phi) is 4.21. The summed E-state index contributed by atoms with van der Waals surface area (Å²) >= 11 is 3.10. The second-order valence-electron chi connectivity index (χ2n) is 5.41. The van der Waals surface area contributed by atoms with Gasteiger partial charge in [-0.25, -0.2) is 4.98 Å². The van der Waals surface area contributed by atoms with Gasteiger partial charge in [0.25, 0.3) is 0 Å². The van der Waals surface area contributed by atoms with Gasteiger partial charge in [0.2, 0.25) is 0 Å². The van der Waals surface area contributed by atoms with Crippen LogP contribution in [0.2, 0.25) is 0 Å². The molecule has 2 heterocycles. The Morgan fingerprint density at radius 2 is 2.15 bits per heavy atom. The van der Waals surface area contributed by atoms with Crippen molar-refractivity contribution in [3.05, 3.63) is 10.4 Å². The second-order valence-corrected chi connectivity index (χ2v) is 7.24. The van der Waals surface area contributed by atoms with E-state index in [1.54, 1.807) is 11.3 Å². The summed E-state index contributed by atoms with van der Waals surface area (Å²) in [5.41, 5.74) is 7.95. The van der Waals surface area contributed by atoms with Crippen LogP contribution in [0.5, 0.6) is 0 Å². The number of rotatable bonds is 4. The lowest BCUT2D eigenvalue weighted by Gasteiger charge is -2.21. The number of hydrogen-bond acceptors (Lipinski definition) is 6. The Labute approximate surface area is 127 Å². The summed E-state index contributed by atoms with van der Waals surface area (Å²) < 4.78 is 4.29. The fraction of sp³-hybridized carbons (Fsp3) is 0.571. The Bertz CT molecular complexity index is 569. The van der Waals surface area contributed by atoms with Crippen LogP contribution in [-0.4, -0.2) is 15.9 Å². The molecule has 0 bridgehead atoms. The fourth-order valence-corrected chi connectivity index (χ4v) is 4.11. The average molecular weight is 308 g/mol. The number of nitrogens with one attached hydrogen (secondary N) is 1. The van der Waals surface area contributed by atoms with Crippen LogP contribution in [0.1, 0.15) is 37.1 Å². The molecule has 0 spiro atoms. The van der Waals surface area contributed by atoms with Crippen LogP contribution in [-0.2, 0) is 0 Å². The van der Waals surface area contributed by atoms with Crippen molar-refractivity contribution in [2.45, 2.75) is 39.0 Å². The summed E-state index contributed by atoms with van der Waals surface area (Å²) in [5, 5.41) is 7.74. The zero-order chi connectivity index (χ0) is 13.9. The van der Waals surface area contributed by atoms with Crippen LogP contribution in [0.25, 0.3) is 11.3 Å². The standard InChI is InChI=1S/C14H20N4S2/c1-9-17-11(8-19-9)12-13(15)18-20-14(12)16-7-10-5-3-2-4-6-10/h8,10,16H,2-7H2,1H3,(H2,15,18). The van der Waals surface area contributed by atoms with Gasteiger partial charge in [0.1, 0.15) is 10.8 Å². The molecule has 3 N–H and O–H groups in total. The average Bonchev–Trinajstić information content (AvgIpc) is 3.03. The molecular formula is C14H20N4S2. The summed E-state index contributed by atoms with van der Waals surface area (Å²) in [4.78, 5) is 4.53. The number of nitrogens with zero attached hydrogens (tertiary/aromatic N) is 2. The van der Waals surface area contributed by atoms with Crippen LogP contribution >= 0.6 is 22.9 Å². The molecule has 0 atom stereocenters. The van der Waals surface area contributed by atoms with Gasteiger partial charge in [0.05, 0.1) is 16.3 Å². The maximum absolute atomic E-state index is 6.02. The van der Waals surface area contributed by atoms with Crippen molar-refractivity contribution in [3.63, 3.8) is 0 Å². The lowest BCUT2D eigenvalue weighted by atomic mass is 9.89. The minimum atomic E-state index is 0.589. The van der Waals surface area contributed by atoms with E-state index in [2.05, 4.69) is 20.1 Å². The maximum Gasteiger partial charge on any atom is 0.148 e. The topological polar surface area (TPSA) is 63.8 Å². The number of hydrogen-bond donors (Lipinski definition) is 2. The minimum Gasteiger partial charge on any atom is -0.382 e. The van der Waals surface area contributed by atoms with Crippen molar-refractivity contribution >= 4 is 33.7 Å². The molecule has 108 valence electrons. The highest BCUT2D eigenvalue weighted by Gasteiger charge is 2.18. The summed E-state index contributed by atoms with van der Waals surface area (Å²) in [6, 6.07) is 0. The third-order valence-electron chi connectivity index (χ3n) is 3.87. The van der Waals surface area contributed by atoms with E-state index < -0.39 is 0 Å². The van der Waals surface area contributed by atoms with Crippen molar-refractivity contribution in [1.82, 2.24) is 9.36 Å². The molecule has 4 nitrogen and oxygen atoms in total. The highest BCUT2D eigenvalue weighted by atomic mass is 32.1. The van der Waals surface area contributed by atoms with Gasteiger partial charge in [-0.05, 0) is 37.2 Å². The summed E-state index contributed by atoms with van der Waals surface area (Å²) in [6.45, 7) is 3.04. The van der Waals surface area contributed by atoms with Crippen LogP contribution in [0.15, 0.2) is 5.38 Å². The van der Waals surface area contributed by atoms with Gasteiger partial charge in [0.15, 0.2) is 0 Å². The van der Waals surface area contributed by atoms with Gasteiger partial charge in [-0.1, -0.05) is 19.3 Å². The van der Waals surface area contributed by atoms with Gasteiger partial charge in [0, 0.05) is 11.9 Å². The summed E-state index contributed by atoms with van der Waals surface area (Å²) in [7, 11) is 0. The monoisotopic (exact) mass is 308 g/mol. The number of anilines is 2. The van der Waals surface area contributed by atoms with E-state index in [1.807, 2.05) is 6.92 Å². The summed E-state index contributed by atoms with van der Waals surface area (Å²) in [6.07, 6.45) is 6.82. The first kappa shape index (κ1) is 13.8. The van der Waals surface area contributed by atoms with Gasteiger partial charge in [-0.3, -0.25) is 0 Å². The van der Waals surface area contributed by atoms with Gasteiger partial charge < -0.3 is 11.1 Å². The Morgan fingerprint density at radius 3 is 2.85 bits per heavy atom. The zero-order valence-corrected chi connectivity index (χ0v) is 13.3. The first-order valence-electron chi connectivity index (χ1n) is 7.15. The first-order valence-corrected chi connectivity index (χ1v) is 8.81. The highest BCUT2D eigenvalue weighted by molar-refractivity contribution is 7.11. The summed E-state index contributed by atoms with van der Waals surface area (Å²) in [5.74, 6) is 1.38. The Morgan fingerprint density at radius 1 is 1.35 bits per heavy atom. The quantitative estimate of drug-likeness (QED) is 0.890. The van der Waals surface area contributed by atoms with Gasteiger partial charge in [-0.15, -0.1) is 11.3 Å². The zero-order valence-electron chi connectivity index (χ0n) is 11.7. The molecule has 2 aromatic rings.